The number of carbonyl (C=O) groups is 1. The number of benzene rings is 1. The van der Waals surface area contributed by atoms with Crippen molar-refractivity contribution in [2.45, 2.75) is 6.29 Å². The van der Waals surface area contributed by atoms with Crippen LogP contribution in [0, 0.1) is 0 Å². The quantitative estimate of drug-likeness (QED) is 0.593. The molecule has 1 aromatic carbocycles. The van der Waals surface area contributed by atoms with Crippen molar-refractivity contribution in [2.24, 2.45) is 0 Å². The zero-order valence-corrected chi connectivity index (χ0v) is 8.64. The SMILES string of the molecule is CO[C@H]1OC(=O)C=C1Nc1ccccc1O. The number of hydrogen-bond donors (Lipinski definition) is 2. The lowest BCUT2D eigenvalue weighted by Gasteiger charge is -2.14. The average Bonchev–Trinajstić information content (AvgIpc) is 2.62. The van der Waals surface area contributed by atoms with E-state index in [-0.39, 0.29) is 5.75 Å². The van der Waals surface area contributed by atoms with Crippen LogP contribution >= 0.6 is 0 Å². The maximum atomic E-state index is 11.0. The molecular weight excluding hydrogens is 210 g/mol. The van der Waals surface area contributed by atoms with Crippen LogP contribution in [0.25, 0.3) is 0 Å². The molecular formula is C11H11NO4. The Balaban J connectivity index is 2.19. The second-order valence-electron chi connectivity index (χ2n) is 3.25. The first-order valence-corrected chi connectivity index (χ1v) is 4.70. The summed E-state index contributed by atoms with van der Waals surface area (Å²) in [5.41, 5.74) is 0.961. The Morgan fingerprint density at radius 2 is 2.19 bits per heavy atom. The molecule has 1 aliphatic heterocycles. The van der Waals surface area contributed by atoms with Gasteiger partial charge in [0.25, 0.3) is 0 Å². The van der Waals surface area contributed by atoms with E-state index in [9.17, 15) is 9.90 Å². The molecule has 1 heterocycles. The van der Waals surface area contributed by atoms with Gasteiger partial charge in [-0.15, -0.1) is 0 Å². The number of nitrogens with one attached hydrogen (secondary N) is 1. The molecule has 16 heavy (non-hydrogen) atoms. The van der Waals surface area contributed by atoms with Gasteiger partial charge in [0.05, 0.1) is 11.4 Å². The fourth-order valence-electron chi connectivity index (χ4n) is 1.40. The van der Waals surface area contributed by atoms with Crippen LogP contribution in [0.4, 0.5) is 5.69 Å². The third-order valence-electron chi connectivity index (χ3n) is 2.15. The number of methoxy groups -OCH3 is 1. The van der Waals surface area contributed by atoms with Crippen molar-refractivity contribution in [2.75, 3.05) is 12.4 Å². The van der Waals surface area contributed by atoms with Gasteiger partial charge in [0.1, 0.15) is 5.75 Å². The summed E-state index contributed by atoms with van der Waals surface area (Å²) in [7, 11) is 1.43. The number of para-hydroxylation sites is 2. The first-order chi connectivity index (χ1) is 7.70. The number of rotatable bonds is 3. The Hall–Kier alpha value is -2.01. The molecule has 0 aromatic heterocycles. The molecule has 0 saturated heterocycles. The molecule has 5 heteroatoms. The van der Waals surface area contributed by atoms with Crippen LogP contribution in [-0.2, 0) is 14.3 Å². The molecule has 0 aliphatic carbocycles. The number of cyclic esters (lactones) is 1. The summed E-state index contributed by atoms with van der Waals surface area (Å²) < 4.78 is 9.79. The predicted octanol–water partition coefficient (Wildman–Crippen LogP) is 1.22. The molecule has 2 rings (SSSR count). The molecule has 0 unspecified atom stereocenters. The molecule has 5 nitrogen and oxygen atoms in total. The molecule has 0 saturated carbocycles. The highest BCUT2D eigenvalue weighted by atomic mass is 16.7. The average molecular weight is 221 g/mol. The summed E-state index contributed by atoms with van der Waals surface area (Å²) in [6, 6.07) is 6.70. The summed E-state index contributed by atoms with van der Waals surface area (Å²) in [5.74, 6) is -0.373. The number of esters is 1. The van der Waals surface area contributed by atoms with Crippen molar-refractivity contribution in [3.63, 3.8) is 0 Å². The number of carbonyl (C=O) groups excluding carboxylic acids is 1. The molecule has 84 valence electrons. The van der Waals surface area contributed by atoms with Gasteiger partial charge in [-0.2, -0.15) is 0 Å². The van der Waals surface area contributed by atoms with Gasteiger partial charge < -0.3 is 19.9 Å². The van der Waals surface area contributed by atoms with E-state index in [1.807, 2.05) is 0 Å². The lowest BCUT2D eigenvalue weighted by atomic mass is 10.2. The topological polar surface area (TPSA) is 67.8 Å². The molecule has 0 bridgehead atoms. The number of phenols is 1. The van der Waals surface area contributed by atoms with Crippen LogP contribution in [0.2, 0.25) is 0 Å². The number of anilines is 1. The monoisotopic (exact) mass is 221 g/mol. The van der Waals surface area contributed by atoms with Gasteiger partial charge in [-0.05, 0) is 12.1 Å². The van der Waals surface area contributed by atoms with Crippen LogP contribution < -0.4 is 5.32 Å². The van der Waals surface area contributed by atoms with E-state index in [0.29, 0.717) is 11.4 Å². The fraction of sp³-hybridized carbons (Fsp3) is 0.182. The zero-order chi connectivity index (χ0) is 11.5. The Bertz CT molecular complexity index is 441. The summed E-state index contributed by atoms with van der Waals surface area (Å²) in [6.07, 6.45) is 0.549. The van der Waals surface area contributed by atoms with E-state index in [0.717, 1.165) is 0 Å². The molecule has 0 fully saturated rings. The Morgan fingerprint density at radius 3 is 2.88 bits per heavy atom. The van der Waals surface area contributed by atoms with Gasteiger partial charge in [-0.1, -0.05) is 12.1 Å². The van der Waals surface area contributed by atoms with Crippen molar-refractivity contribution in [1.29, 1.82) is 0 Å². The van der Waals surface area contributed by atoms with Crippen molar-refractivity contribution in [1.82, 2.24) is 0 Å². The van der Waals surface area contributed by atoms with Gasteiger partial charge in [0.2, 0.25) is 6.29 Å². The Morgan fingerprint density at radius 1 is 1.44 bits per heavy atom. The van der Waals surface area contributed by atoms with Crippen LogP contribution in [0.3, 0.4) is 0 Å². The fourth-order valence-corrected chi connectivity index (χ4v) is 1.40. The van der Waals surface area contributed by atoms with Crippen LogP contribution in [0.1, 0.15) is 0 Å². The molecule has 1 atom stereocenters. The lowest BCUT2D eigenvalue weighted by Crippen LogP contribution is -2.18. The van der Waals surface area contributed by atoms with E-state index in [1.165, 1.54) is 13.2 Å². The highest BCUT2D eigenvalue weighted by Gasteiger charge is 2.26. The number of hydrogen-bond acceptors (Lipinski definition) is 5. The van der Waals surface area contributed by atoms with Crippen LogP contribution in [0.5, 0.6) is 5.75 Å². The molecule has 1 aliphatic rings. The van der Waals surface area contributed by atoms with E-state index >= 15 is 0 Å². The molecule has 2 N–H and O–H groups in total. The van der Waals surface area contributed by atoms with Gasteiger partial charge in [-0.3, -0.25) is 0 Å². The second kappa shape index (κ2) is 4.24. The summed E-state index contributed by atoms with van der Waals surface area (Å²) in [6.45, 7) is 0. The van der Waals surface area contributed by atoms with Gasteiger partial charge >= 0.3 is 5.97 Å². The first-order valence-electron chi connectivity index (χ1n) is 4.70. The maximum Gasteiger partial charge on any atom is 0.335 e. The first kappa shape index (κ1) is 10.5. The minimum atomic E-state index is -0.743. The van der Waals surface area contributed by atoms with Gasteiger partial charge in [0.15, 0.2) is 0 Å². The lowest BCUT2D eigenvalue weighted by molar-refractivity contribution is -0.155. The summed E-state index contributed by atoms with van der Waals surface area (Å²) in [5, 5.41) is 12.4. The Kier molecular flexibility index (Phi) is 2.78. The van der Waals surface area contributed by atoms with Gasteiger partial charge in [0, 0.05) is 13.2 Å². The minimum Gasteiger partial charge on any atom is -0.506 e. The number of ether oxygens (including phenoxy) is 2. The van der Waals surface area contributed by atoms with E-state index < -0.39 is 12.3 Å². The zero-order valence-electron chi connectivity index (χ0n) is 8.64. The summed E-state index contributed by atoms with van der Waals surface area (Å²) in [4.78, 5) is 11.0. The van der Waals surface area contributed by atoms with Crippen LogP contribution in [-0.4, -0.2) is 24.5 Å². The molecule has 0 radical (unpaired) electrons. The van der Waals surface area contributed by atoms with Crippen molar-refractivity contribution in [3.8, 4) is 5.75 Å². The molecule has 1 aromatic rings. The summed E-state index contributed by atoms with van der Waals surface area (Å²) >= 11 is 0. The maximum absolute atomic E-state index is 11.0. The highest BCUT2D eigenvalue weighted by Crippen LogP contribution is 2.26. The third-order valence-corrected chi connectivity index (χ3v) is 2.15. The van der Waals surface area contributed by atoms with E-state index in [1.54, 1.807) is 24.3 Å². The van der Waals surface area contributed by atoms with Gasteiger partial charge in [-0.25, -0.2) is 4.79 Å². The predicted molar refractivity (Wildman–Crippen MR) is 56.7 cm³/mol. The molecule has 0 amide bonds. The van der Waals surface area contributed by atoms with Crippen LogP contribution in [0.15, 0.2) is 36.0 Å². The molecule has 0 spiro atoms. The van der Waals surface area contributed by atoms with Crippen molar-refractivity contribution < 1.29 is 19.4 Å². The van der Waals surface area contributed by atoms with Crippen molar-refractivity contribution >= 4 is 11.7 Å². The number of phenolic OH excluding ortho intramolecular Hbond substituents is 1. The standard InChI is InChI=1S/C11H11NO4/c1-15-11-8(6-10(14)16-11)12-7-4-2-3-5-9(7)13/h2-6,11-13H,1H3/t11-/m0/s1. The second-order valence-corrected chi connectivity index (χ2v) is 3.25. The minimum absolute atomic E-state index is 0.0950. The third kappa shape index (κ3) is 1.99. The highest BCUT2D eigenvalue weighted by molar-refractivity contribution is 5.86. The number of aromatic hydroxyl groups is 1. The van der Waals surface area contributed by atoms with E-state index in [2.05, 4.69) is 5.32 Å². The van der Waals surface area contributed by atoms with E-state index in [4.69, 9.17) is 9.47 Å². The van der Waals surface area contributed by atoms with Crippen molar-refractivity contribution in [3.05, 3.63) is 36.0 Å². The Labute approximate surface area is 92.3 Å². The largest absolute Gasteiger partial charge is 0.506 e. The normalized spacial score (nSPS) is 19.2. The smallest absolute Gasteiger partial charge is 0.335 e.